The van der Waals surface area contributed by atoms with Gasteiger partial charge in [-0.3, -0.25) is 9.59 Å². The van der Waals surface area contributed by atoms with Crippen molar-refractivity contribution in [2.75, 3.05) is 0 Å². The summed E-state index contributed by atoms with van der Waals surface area (Å²) in [6.45, 7) is 8.08. The second-order valence-corrected chi connectivity index (χ2v) is 7.65. The molecule has 1 aromatic heterocycles. The zero-order valence-corrected chi connectivity index (χ0v) is 16.9. The number of aryl methyl sites for hydroxylation is 2. The Morgan fingerprint density at radius 1 is 1.04 bits per heavy atom. The Balaban J connectivity index is 1.64. The molecule has 1 atom stereocenters. The van der Waals surface area contributed by atoms with E-state index in [1.54, 1.807) is 0 Å². The van der Waals surface area contributed by atoms with Gasteiger partial charge in [0.05, 0.1) is 17.1 Å². The molecule has 3 rings (SSSR count). The summed E-state index contributed by atoms with van der Waals surface area (Å²) in [6, 6.07) is 13.2. The zero-order valence-electron chi connectivity index (χ0n) is 16.9. The minimum absolute atomic E-state index is 0.0110. The number of carbonyl (C=O) groups is 2. The van der Waals surface area contributed by atoms with Gasteiger partial charge in [-0.15, -0.1) is 0 Å². The summed E-state index contributed by atoms with van der Waals surface area (Å²) in [5.41, 5.74) is 4.72. The summed E-state index contributed by atoms with van der Waals surface area (Å²) < 4.78 is 0. The molecule has 1 amide bonds. The van der Waals surface area contributed by atoms with Gasteiger partial charge in [0.15, 0.2) is 5.78 Å². The summed E-state index contributed by atoms with van der Waals surface area (Å²) in [4.78, 5) is 32.8. The fraction of sp³-hybridized carbons (Fsp3) is 0.348. The van der Waals surface area contributed by atoms with Crippen LogP contribution in [0.2, 0.25) is 0 Å². The summed E-state index contributed by atoms with van der Waals surface area (Å²) in [7, 11) is 0. The lowest BCUT2D eigenvalue weighted by Gasteiger charge is -2.20. The van der Waals surface area contributed by atoms with E-state index in [4.69, 9.17) is 0 Å². The lowest BCUT2D eigenvalue weighted by Crippen LogP contribution is -2.32. The van der Waals surface area contributed by atoms with Crippen LogP contribution in [0.15, 0.2) is 42.5 Å². The maximum absolute atomic E-state index is 12.5. The van der Waals surface area contributed by atoms with Crippen LogP contribution in [0.25, 0.3) is 11.0 Å². The van der Waals surface area contributed by atoms with Gasteiger partial charge in [0.2, 0.25) is 5.91 Å². The third-order valence-electron chi connectivity index (χ3n) is 5.09. The number of fused-ring (bicyclic) bond motifs is 1. The highest BCUT2D eigenvalue weighted by Crippen LogP contribution is 2.22. The molecule has 0 bridgehead atoms. The molecular weight excluding hydrogens is 350 g/mol. The number of hydrogen-bond acceptors (Lipinski definition) is 3. The molecule has 2 aromatic carbocycles. The number of hydrogen-bond donors (Lipinski definition) is 2. The molecule has 3 aromatic rings. The molecule has 2 N–H and O–H groups in total. The van der Waals surface area contributed by atoms with Crippen molar-refractivity contribution in [1.29, 1.82) is 0 Å². The highest BCUT2D eigenvalue weighted by atomic mass is 16.2. The number of carbonyl (C=O) groups excluding carboxylic acids is 2. The predicted molar refractivity (Wildman–Crippen MR) is 111 cm³/mol. The maximum atomic E-state index is 12.5. The number of para-hydroxylation sites is 2. The number of amides is 1. The molecule has 1 heterocycles. The maximum Gasteiger partial charge on any atom is 0.221 e. The normalized spacial score (nSPS) is 12.3. The number of aromatic amines is 1. The molecule has 0 aliphatic rings. The van der Waals surface area contributed by atoms with E-state index in [9.17, 15) is 9.59 Å². The van der Waals surface area contributed by atoms with Gasteiger partial charge < -0.3 is 10.3 Å². The molecule has 0 saturated carbocycles. The monoisotopic (exact) mass is 377 g/mol. The Bertz CT molecular complexity index is 971. The first kappa shape index (κ1) is 19.8. The minimum atomic E-state index is -0.225. The lowest BCUT2D eigenvalue weighted by atomic mass is 10.0. The largest absolute Gasteiger partial charge is 0.346 e. The Morgan fingerprint density at radius 3 is 2.46 bits per heavy atom. The number of Topliss-reactive ketones (excluding diaryl/α,β-unsaturated/α-hetero) is 1. The number of H-pyrrole nitrogens is 1. The molecular formula is C23H27N3O2. The van der Waals surface area contributed by atoms with Gasteiger partial charge in [-0.2, -0.15) is 0 Å². The predicted octanol–water partition coefficient (Wildman–Crippen LogP) is 4.66. The van der Waals surface area contributed by atoms with Crippen molar-refractivity contribution in [1.82, 2.24) is 15.3 Å². The zero-order chi connectivity index (χ0) is 20.3. The summed E-state index contributed by atoms with van der Waals surface area (Å²) in [5, 5.41) is 3.04. The minimum Gasteiger partial charge on any atom is -0.346 e. The quantitative estimate of drug-likeness (QED) is 0.588. The molecule has 0 aliphatic carbocycles. The fourth-order valence-corrected chi connectivity index (χ4v) is 3.20. The standard InChI is InChI=1S/C23H27N3O2/c1-14(2)22(23-24-18-7-5-6-8-19(18)25-23)26-21(28)12-11-20(27)17-10-9-15(3)16(4)13-17/h5-10,13-14,22H,11-12H2,1-4H3,(H,24,25)(H,26,28). The second-order valence-electron chi connectivity index (χ2n) is 7.65. The third-order valence-corrected chi connectivity index (χ3v) is 5.09. The van der Waals surface area contributed by atoms with E-state index in [-0.39, 0.29) is 36.5 Å². The van der Waals surface area contributed by atoms with Crippen molar-refractivity contribution in [3.05, 3.63) is 65.0 Å². The molecule has 5 nitrogen and oxygen atoms in total. The first-order valence-corrected chi connectivity index (χ1v) is 9.69. The van der Waals surface area contributed by atoms with E-state index in [1.165, 1.54) is 0 Å². The van der Waals surface area contributed by atoms with E-state index in [0.717, 1.165) is 28.0 Å². The van der Waals surface area contributed by atoms with E-state index >= 15 is 0 Å². The van der Waals surface area contributed by atoms with E-state index in [1.807, 2.05) is 70.2 Å². The first-order valence-electron chi connectivity index (χ1n) is 9.69. The molecule has 0 saturated heterocycles. The van der Waals surface area contributed by atoms with Crippen LogP contribution < -0.4 is 5.32 Å². The average molecular weight is 377 g/mol. The molecule has 146 valence electrons. The first-order chi connectivity index (χ1) is 13.3. The number of imidazole rings is 1. The van der Waals surface area contributed by atoms with Crippen molar-refractivity contribution >= 4 is 22.7 Å². The molecule has 0 spiro atoms. The van der Waals surface area contributed by atoms with Crippen molar-refractivity contribution in [3.8, 4) is 0 Å². The van der Waals surface area contributed by atoms with Crippen LogP contribution in [-0.4, -0.2) is 21.7 Å². The van der Waals surface area contributed by atoms with Gasteiger partial charge in [-0.05, 0) is 49.1 Å². The molecule has 28 heavy (non-hydrogen) atoms. The Labute approximate surface area is 165 Å². The van der Waals surface area contributed by atoms with Gasteiger partial charge in [0.1, 0.15) is 5.82 Å². The lowest BCUT2D eigenvalue weighted by molar-refractivity contribution is -0.122. The highest BCUT2D eigenvalue weighted by Gasteiger charge is 2.22. The number of ketones is 1. The van der Waals surface area contributed by atoms with Crippen molar-refractivity contribution < 1.29 is 9.59 Å². The van der Waals surface area contributed by atoms with E-state index in [0.29, 0.717) is 5.56 Å². The van der Waals surface area contributed by atoms with Gasteiger partial charge >= 0.3 is 0 Å². The molecule has 5 heteroatoms. The topological polar surface area (TPSA) is 74.8 Å². The van der Waals surface area contributed by atoms with Gasteiger partial charge in [-0.1, -0.05) is 38.1 Å². The number of rotatable bonds is 7. The van der Waals surface area contributed by atoms with E-state index in [2.05, 4.69) is 15.3 Å². The smallest absolute Gasteiger partial charge is 0.221 e. The second kappa shape index (κ2) is 8.38. The third kappa shape index (κ3) is 4.47. The number of nitrogens with one attached hydrogen (secondary N) is 2. The summed E-state index contributed by atoms with van der Waals surface area (Å²) in [5.74, 6) is 0.754. The summed E-state index contributed by atoms with van der Waals surface area (Å²) in [6.07, 6.45) is 0.356. The van der Waals surface area contributed by atoms with Gasteiger partial charge in [-0.25, -0.2) is 4.98 Å². The van der Waals surface area contributed by atoms with Crippen LogP contribution in [0, 0.1) is 19.8 Å². The van der Waals surface area contributed by atoms with Crippen LogP contribution in [-0.2, 0) is 4.79 Å². The number of nitrogens with zero attached hydrogens (tertiary/aromatic N) is 1. The van der Waals surface area contributed by atoms with Crippen molar-refractivity contribution in [3.63, 3.8) is 0 Å². The number of benzene rings is 2. The molecule has 0 radical (unpaired) electrons. The number of aromatic nitrogens is 2. The highest BCUT2D eigenvalue weighted by molar-refractivity contribution is 5.98. The fourth-order valence-electron chi connectivity index (χ4n) is 3.20. The molecule has 0 fully saturated rings. The van der Waals surface area contributed by atoms with Crippen molar-refractivity contribution in [2.45, 2.75) is 46.6 Å². The van der Waals surface area contributed by atoms with Crippen molar-refractivity contribution in [2.24, 2.45) is 5.92 Å². The average Bonchev–Trinajstić information content (AvgIpc) is 3.09. The van der Waals surface area contributed by atoms with Crippen LogP contribution in [0.5, 0.6) is 0 Å². The van der Waals surface area contributed by atoms with E-state index < -0.39 is 0 Å². The Morgan fingerprint density at radius 2 is 1.79 bits per heavy atom. The van der Waals surface area contributed by atoms with Gasteiger partial charge in [0.25, 0.3) is 0 Å². The SMILES string of the molecule is Cc1ccc(C(=O)CCC(=O)NC(c2nc3ccccc3[nH]2)C(C)C)cc1C. The van der Waals surface area contributed by atoms with Gasteiger partial charge in [0, 0.05) is 18.4 Å². The van der Waals surface area contributed by atoms with Crippen LogP contribution >= 0.6 is 0 Å². The van der Waals surface area contributed by atoms with Crippen LogP contribution in [0.1, 0.15) is 60.0 Å². The van der Waals surface area contributed by atoms with Crippen LogP contribution in [0.3, 0.4) is 0 Å². The Hall–Kier alpha value is -2.95. The molecule has 0 aliphatic heterocycles. The van der Waals surface area contributed by atoms with Crippen LogP contribution in [0.4, 0.5) is 0 Å². The summed E-state index contributed by atoms with van der Waals surface area (Å²) >= 11 is 0. The Kier molecular flexibility index (Phi) is 5.93. The molecule has 1 unspecified atom stereocenters.